The van der Waals surface area contributed by atoms with Crippen LogP contribution in [0, 0.1) is 16.7 Å². The second-order valence-corrected chi connectivity index (χ2v) is 3.14. The van der Waals surface area contributed by atoms with E-state index in [9.17, 15) is 4.79 Å². The molecule has 0 fully saturated rings. The zero-order valence-corrected chi connectivity index (χ0v) is 7.89. The summed E-state index contributed by atoms with van der Waals surface area (Å²) in [5.74, 6) is -0.286. The van der Waals surface area contributed by atoms with Gasteiger partial charge in [0, 0.05) is 0 Å². The number of rotatable bonds is 4. The van der Waals surface area contributed by atoms with E-state index in [0.717, 1.165) is 6.42 Å². The van der Waals surface area contributed by atoms with E-state index in [2.05, 4.69) is 4.74 Å². The van der Waals surface area contributed by atoms with Crippen molar-refractivity contribution in [2.45, 2.75) is 33.1 Å². The molecule has 0 rings (SSSR count). The molecular formula is C9H15NO2. The third-order valence-corrected chi connectivity index (χ3v) is 1.95. The molecule has 0 heterocycles. The number of carbonyl (C=O) groups excluding carboxylic acids is 1. The molecule has 0 N–H and O–H groups in total. The lowest BCUT2D eigenvalue weighted by Gasteiger charge is -2.22. The Balaban J connectivity index is 4.39. The molecule has 0 radical (unpaired) electrons. The van der Waals surface area contributed by atoms with Gasteiger partial charge in [-0.05, 0) is 13.3 Å². The van der Waals surface area contributed by atoms with Crippen LogP contribution in [0.1, 0.15) is 33.1 Å². The molecular weight excluding hydrogens is 154 g/mol. The van der Waals surface area contributed by atoms with Crippen molar-refractivity contribution >= 4 is 5.97 Å². The molecule has 0 aromatic rings. The number of ether oxygens (including phenoxy) is 1. The summed E-state index contributed by atoms with van der Waals surface area (Å²) in [6.45, 7) is 3.75. The van der Waals surface area contributed by atoms with Crippen molar-refractivity contribution in [3.8, 4) is 6.07 Å². The maximum Gasteiger partial charge on any atom is 0.312 e. The van der Waals surface area contributed by atoms with Gasteiger partial charge in [-0.25, -0.2) is 0 Å². The molecule has 0 aromatic carbocycles. The molecule has 0 aromatic heterocycles. The van der Waals surface area contributed by atoms with E-state index in [4.69, 9.17) is 5.26 Å². The normalized spacial score (nSPS) is 14.5. The van der Waals surface area contributed by atoms with Crippen molar-refractivity contribution in [3.63, 3.8) is 0 Å². The number of nitrogens with zero attached hydrogens (tertiary/aromatic N) is 1. The van der Waals surface area contributed by atoms with Crippen LogP contribution in [-0.2, 0) is 9.53 Å². The summed E-state index contributed by atoms with van der Waals surface area (Å²) in [6, 6.07) is 2.01. The Morgan fingerprint density at radius 2 is 2.25 bits per heavy atom. The Morgan fingerprint density at radius 1 is 1.67 bits per heavy atom. The lowest BCUT2D eigenvalue weighted by molar-refractivity contribution is -0.152. The van der Waals surface area contributed by atoms with Gasteiger partial charge < -0.3 is 4.74 Å². The Bertz CT molecular complexity index is 195. The minimum absolute atomic E-state index is 0.230. The second kappa shape index (κ2) is 4.76. The lowest BCUT2D eigenvalue weighted by atomic mass is 9.83. The number of carbonyl (C=O) groups is 1. The maximum atomic E-state index is 11.2. The Hall–Kier alpha value is -1.04. The van der Waals surface area contributed by atoms with Crippen LogP contribution < -0.4 is 0 Å². The van der Waals surface area contributed by atoms with Crippen molar-refractivity contribution in [2.24, 2.45) is 5.41 Å². The van der Waals surface area contributed by atoms with Crippen molar-refractivity contribution < 1.29 is 9.53 Å². The van der Waals surface area contributed by atoms with Crippen LogP contribution in [0.3, 0.4) is 0 Å². The molecule has 0 aliphatic carbocycles. The highest BCUT2D eigenvalue weighted by Crippen LogP contribution is 2.28. The fourth-order valence-electron chi connectivity index (χ4n) is 1.24. The van der Waals surface area contributed by atoms with Gasteiger partial charge in [0.25, 0.3) is 0 Å². The number of esters is 1. The van der Waals surface area contributed by atoms with Gasteiger partial charge in [-0.3, -0.25) is 4.79 Å². The molecule has 0 spiro atoms. The van der Waals surface area contributed by atoms with Gasteiger partial charge in [-0.2, -0.15) is 5.26 Å². The Labute approximate surface area is 73.3 Å². The highest BCUT2D eigenvalue weighted by Gasteiger charge is 2.32. The molecule has 3 heteroatoms. The predicted molar refractivity (Wildman–Crippen MR) is 45.3 cm³/mol. The smallest absolute Gasteiger partial charge is 0.312 e. The fourth-order valence-corrected chi connectivity index (χ4v) is 1.24. The van der Waals surface area contributed by atoms with E-state index in [1.165, 1.54) is 7.11 Å². The highest BCUT2D eigenvalue weighted by atomic mass is 16.5. The average molecular weight is 169 g/mol. The average Bonchev–Trinajstić information content (AvgIpc) is 2.04. The van der Waals surface area contributed by atoms with E-state index in [0.29, 0.717) is 6.42 Å². The summed E-state index contributed by atoms with van der Waals surface area (Å²) in [5.41, 5.74) is -0.613. The summed E-state index contributed by atoms with van der Waals surface area (Å²) < 4.78 is 4.63. The minimum atomic E-state index is -0.613. The molecule has 0 bridgehead atoms. The topological polar surface area (TPSA) is 50.1 Å². The highest BCUT2D eigenvalue weighted by molar-refractivity contribution is 5.76. The van der Waals surface area contributed by atoms with Gasteiger partial charge >= 0.3 is 5.97 Å². The molecule has 0 amide bonds. The van der Waals surface area contributed by atoms with Gasteiger partial charge in [0.1, 0.15) is 0 Å². The number of hydrogen-bond donors (Lipinski definition) is 0. The van der Waals surface area contributed by atoms with Crippen LogP contribution in [0.5, 0.6) is 0 Å². The van der Waals surface area contributed by atoms with E-state index in [1.807, 2.05) is 13.0 Å². The van der Waals surface area contributed by atoms with Crippen molar-refractivity contribution in [1.29, 1.82) is 5.26 Å². The maximum absolute atomic E-state index is 11.2. The summed E-state index contributed by atoms with van der Waals surface area (Å²) in [7, 11) is 1.35. The molecule has 0 aliphatic heterocycles. The first-order chi connectivity index (χ1) is 5.60. The van der Waals surface area contributed by atoms with Crippen LogP contribution in [-0.4, -0.2) is 13.1 Å². The first kappa shape index (κ1) is 11.0. The van der Waals surface area contributed by atoms with Gasteiger partial charge in [0.15, 0.2) is 0 Å². The SMILES string of the molecule is CCC[C@](C)(CC#N)C(=O)OC. The Kier molecular flexibility index (Phi) is 4.35. The van der Waals surface area contributed by atoms with Crippen molar-refractivity contribution in [3.05, 3.63) is 0 Å². The van der Waals surface area contributed by atoms with Gasteiger partial charge in [0.2, 0.25) is 0 Å². The molecule has 0 unspecified atom stereocenters. The molecule has 1 atom stereocenters. The third kappa shape index (κ3) is 2.54. The summed E-state index contributed by atoms with van der Waals surface area (Å²) in [4.78, 5) is 11.2. The van der Waals surface area contributed by atoms with Crippen LogP contribution >= 0.6 is 0 Å². The number of methoxy groups -OCH3 is 1. The van der Waals surface area contributed by atoms with Crippen LogP contribution in [0.25, 0.3) is 0 Å². The van der Waals surface area contributed by atoms with Crippen molar-refractivity contribution in [1.82, 2.24) is 0 Å². The largest absolute Gasteiger partial charge is 0.469 e. The quantitative estimate of drug-likeness (QED) is 0.604. The van der Waals surface area contributed by atoms with E-state index < -0.39 is 5.41 Å². The van der Waals surface area contributed by atoms with E-state index >= 15 is 0 Å². The standard InChI is InChI=1S/C9H15NO2/c1-4-5-9(2,6-7-10)8(11)12-3/h4-6H2,1-3H3/t9-/m1/s1. The second-order valence-electron chi connectivity index (χ2n) is 3.14. The minimum Gasteiger partial charge on any atom is -0.469 e. The predicted octanol–water partition coefficient (Wildman–Crippen LogP) is 1.88. The zero-order chi connectivity index (χ0) is 9.61. The third-order valence-electron chi connectivity index (χ3n) is 1.95. The molecule has 0 aliphatic rings. The van der Waals surface area contributed by atoms with Crippen LogP contribution in [0.2, 0.25) is 0 Å². The lowest BCUT2D eigenvalue weighted by Crippen LogP contribution is -2.28. The number of nitriles is 1. The molecule has 68 valence electrons. The molecule has 3 nitrogen and oxygen atoms in total. The van der Waals surface area contributed by atoms with Gasteiger partial charge in [0.05, 0.1) is 25.0 Å². The van der Waals surface area contributed by atoms with Crippen LogP contribution in [0.15, 0.2) is 0 Å². The summed E-state index contributed by atoms with van der Waals surface area (Å²) in [5, 5.41) is 8.52. The first-order valence-corrected chi connectivity index (χ1v) is 4.06. The van der Waals surface area contributed by atoms with E-state index in [-0.39, 0.29) is 12.4 Å². The van der Waals surface area contributed by atoms with Crippen LogP contribution in [0.4, 0.5) is 0 Å². The first-order valence-electron chi connectivity index (χ1n) is 4.06. The fraction of sp³-hybridized carbons (Fsp3) is 0.778. The molecule has 0 saturated carbocycles. The van der Waals surface area contributed by atoms with E-state index in [1.54, 1.807) is 6.92 Å². The zero-order valence-electron chi connectivity index (χ0n) is 7.89. The summed E-state index contributed by atoms with van der Waals surface area (Å²) in [6.07, 6.45) is 1.81. The monoisotopic (exact) mass is 169 g/mol. The van der Waals surface area contributed by atoms with Crippen molar-refractivity contribution in [2.75, 3.05) is 7.11 Å². The van der Waals surface area contributed by atoms with Gasteiger partial charge in [-0.15, -0.1) is 0 Å². The molecule has 12 heavy (non-hydrogen) atoms. The summed E-state index contributed by atoms with van der Waals surface area (Å²) >= 11 is 0. The number of hydrogen-bond acceptors (Lipinski definition) is 3. The van der Waals surface area contributed by atoms with Gasteiger partial charge in [-0.1, -0.05) is 13.3 Å². The Morgan fingerprint density at radius 3 is 2.58 bits per heavy atom. The molecule has 0 saturated heterocycles.